The van der Waals surface area contributed by atoms with Gasteiger partial charge in [-0.25, -0.2) is 0 Å². The fourth-order valence-corrected chi connectivity index (χ4v) is 3.70. The molecule has 2 aliphatic rings. The molecule has 2 saturated carbocycles. The third-order valence-corrected chi connectivity index (χ3v) is 4.54. The van der Waals surface area contributed by atoms with Gasteiger partial charge in [0.05, 0.1) is 5.92 Å². The Balaban J connectivity index is 2.09. The molecule has 0 saturated heterocycles. The van der Waals surface area contributed by atoms with Crippen molar-refractivity contribution in [3.63, 3.8) is 0 Å². The van der Waals surface area contributed by atoms with E-state index in [4.69, 9.17) is 0 Å². The van der Waals surface area contributed by atoms with Gasteiger partial charge >= 0.3 is 0 Å². The number of aldehydes is 1. The molecule has 3 rings (SSSR count). The highest BCUT2D eigenvalue weighted by molar-refractivity contribution is 5.97. The molecule has 3 heteroatoms. The van der Waals surface area contributed by atoms with E-state index in [1.165, 1.54) is 0 Å². The number of hydrogen-bond donors (Lipinski definition) is 1. The molecule has 0 aromatic heterocycles. The number of ketones is 1. The van der Waals surface area contributed by atoms with Crippen molar-refractivity contribution >= 4 is 12.1 Å². The lowest BCUT2D eigenvalue weighted by molar-refractivity contribution is -0.145. The highest BCUT2D eigenvalue weighted by Crippen LogP contribution is 2.53. The van der Waals surface area contributed by atoms with Crippen LogP contribution in [0.2, 0.25) is 0 Å². The van der Waals surface area contributed by atoms with E-state index >= 15 is 0 Å². The summed E-state index contributed by atoms with van der Waals surface area (Å²) in [6.45, 7) is 0. The number of fused-ring (bicyclic) bond motifs is 2. The van der Waals surface area contributed by atoms with Gasteiger partial charge in [0, 0.05) is 11.8 Å². The summed E-state index contributed by atoms with van der Waals surface area (Å²) in [6, 6.07) is 9.62. The summed E-state index contributed by atoms with van der Waals surface area (Å²) in [5, 5.41) is 10.5. The molecule has 1 N–H and O–H groups in total. The molecule has 94 valence electrons. The summed E-state index contributed by atoms with van der Waals surface area (Å²) in [6.07, 6.45) is 2.81. The average Bonchev–Trinajstić information content (AvgIpc) is 2.53. The number of rotatable bonds is 2. The second-order valence-electron chi connectivity index (χ2n) is 5.39. The Bertz CT molecular complexity index is 482. The molecule has 0 heterocycles. The molecule has 0 radical (unpaired) electrons. The summed E-state index contributed by atoms with van der Waals surface area (Å²) >= 11 is 0. The van der Waals surface area contributed by atoms with E-state index in [2.05, 4.69) is 0 Å². The summed E-state index contributed by atoms with van der Waals surface area (Å²) in [5.74, 6) is -1.05. The van der Waals surface area contributed by atoms with Crippen LogP contribution in [0.4, 0.5) is 0 Å². The molecule has 2 bridgehead atoms. The van der Waals surface area contributed by atoms with Crippen molar-refractivity contribution in [3.8, 4) is 0 Å². The Morgan fingerprint density at radius 2 is 2.00 bits per heavy atom. The standard InChI is InChI=1S/C15H16O3/c16-9-12-13(10-5-2-1-3-6-10)11-7-4-8-15(12,18)14(11)17/h1-3,5-6,9,11-13,18H,4,7-8H2/t11?,12-,13+,15?/m1/s1. The first-order valence-electron chi connectivity index (χ1n) is 6.45. The van der Waals surface area contributed by atoms with Crippen molar-refractivity contribution in [2.45, 2.75) is 30.8 Å². The fraction of sp³-hybridized carbons (Fsp3) is 0.467. The van der Waals surface area contributed by atoms with E-state index in [9.17, 15) is 14.7 Å². The van der Waals surface area contributed by atoms with Crippen molar-refractivity contribution in [1.29, 1.82) is 0 Å². The maximum atomic E-state index is 12.3. The van der Waals surface area contributed by atoms with Gasteiger partial charge in [-0.15, -0.1) is 0 Å². The molecule has 0 amide bonds. The van der Waals surface area contributed by atoms with E-state index in [1.807, 2.05) is 30.3 Å². The van der Waals surface area contributed by atoms with E-state index in [1.54, 1.807) is 0 Å². The molecule has 2 unspecified atom stereocenters. The minimum absolute atomic E-state index is 0.125. The van der Waals surface area contributed by atoms with E-state index in [-0.39, 0.29) is 17.6 Å². The Kier molecular flexibility index (Phi) is 2.59. The minimum Gasteiger partial charge on any atom is -0.381 e. The van der Waals surface area contributed by atoms with Gasteiger partial charge in [-0.1, -0.05) is 30.3 Å². The second kappa shape index (κ2) is 4.02. The van der Waals surface area contributed by atoms with E-state index in [0.29, 0.717) is 6.42 Å². The van der Waals surface area contributed by atoms with Crippen molar-refractivity contribution in [1.82, 2.24) is 0 Å². The molecule has 1 aromatic rings. The Morgan fingerprint density at radius 3 is 2.67 bits per heavy atom. The maximum Gasteiger partial charge on any atom is 0.168 e. The van der Waals surface area contributed by atoms with Crippen LogP contribution >= 0.6 is 0 Å². The smallest absolute Gasteiger partial charge is 0.168 e. The number of aliphatic hydroxyl groups is 1. The molecule has 0 aliphatic heterocycles. The monoisotopic (exact) mass is 244 g/mol. The zero-order valence-electron chi connectivity index (χ0n) is 10.1. The Morgan fingerprint density at radius 1 is 1.28 bits per heavy atom. The first-order chi connectivity index (χ1) is 8.68. The fourth-order valence-electron chi connectivity index (χ4n) is 3.70. The van der Waals surface area contributed by atoms with Gasteiger partial charge in [-0.3, -0.25) is 4.79 Å². The molecular weight excluding hydrogens is 228 g/mol. The van der Waals surface area contributed by atoms with Gasteiger partial charge in [0.25, 0.3) is 0 Å². The van der Waals surface area contributed by atoms with Crippen LogP contribution in [0.15, 0.2) is 30.3 Å². The molecule has 3 nitrogen and oxygen atoms in total. The van der Waals surface area contributed by atoms with Crippen LogP contribution in [-0.4, -0.2) is 22.8 Å². The Labute approximate surface area is 106 Å². The van der Waals surface area contributed by atoms with Crippen LogP contribution in [-0.2, 0) is 9.59 Å². The summed E-state index contributed by atoms with van der Waals surface area (Å²) in [4.78, 5) is 23.6. The maximum absolute atomic E-state index is 12.3. The summed E-state index contributed by atoms with van der Waals surface area (Å²) in [5.41, 5.74) is -0.420. The number of carbonyl (C=O) groups is 2. The molecule has 1 aromatic carbocycles. The molecular formula is C15H16O3. The highest BCUT2D eigenvalue weighted by Gasteiger charge is 2.61. The van der Waals surface area contributed by atoms with Crippen LogP contribution in [0.25, 0.3) is 0 Å². The lowest BCUT2D eigenvalue weighted by atomic mass is 9.82. The lowest BCUT2D eigenvalue weighted by Crippen LogP contribution is -2.44. The van der Waals surface area contributed by atoms with Gasteiger partial charge in [0.1, 0.15) is 11.9 Å². The lowest BCUT2D eigenvalue weighted by Gasteiger charge is -2.27. The number of hydrogen-bond acceptors (Lipinski definition) is 3. The van der Waals surface area contributed by atoms with Crippen molar-refractivity contribution in [2.24, 2.45) is 11.8 Å². The molecule has 4 atom stereocenters. The minimum atomic E-state index is -1.41. The molecule has 2 fully saturated rings. The van der Waals surface area contributed by atoms with Gasteiger partial charge in [-0.05, 0) is 24.8 Å². The van der Waals surface area contributed by atoms with E-state index in [0.717, 1.165) is 24.7 Å². The van der Waals surface area contributed by atoms with Gasteiger partial charge in [0.2, 0.25) is 0 Å². The van der Waals surface area contributed by atoms with Crippen LogP contribution in [0, 0.1) is 11.8 Å². The van der Waals surface area contributed by atoms with Crippen molar-refractivity contribution < 1.29 is 14.7 Å². The largest absolute Gasteiger partial charge is 0.381 e. The Hall–Kier alpha value is -1.48. The summed E-state index contributed by atoms with van der Waals surface area (Å²) in [7, 11) is 0. The zero-order chi connectivity index (χ0) is 12.8. The molecule has 18 heavy (non-hydrogen) atoms. The molecule has 2 aliphatic carbocycles. The number of benzene rings is 1. The van der Waals surface area contributed by atoms with Crippen LogP contribution in [0.1, 0.15) is 30.7 Å². The van der Waals surface area contributed by atoms with E-state index < -0.39 is 11.5 Å². The van der Waals surface area contributed by atoms with Gasteiger partial charge in [-0.2, -0.15) is 0 Å². The van der Waals surface area contributed by atoms with Crippen molar-refractivity contribution in [3.05, 3.63) is 35.9 Å². The summed E-state index contributed by atoms with van der Waals surface area (Å²) < 4.78 is 0. The topological polar surface area (TPSA) is 54.4 Å². The van der Waals surface area contributed by atoms with Gasteiger partial charge < -0.3 is 9.90 Å². The van der Waals surface area contributed by atoms with Crippen LogP contribution in [0.5, 0.6) is 0 Å². The normalized spacial score (nSPS) is 38.7. The predicted molar refractivity (Wildman–Crippen MR) is 66.0 cm³/mol. The highest BCUT2D eigenvalue weighted by atomic mass is 16.3. The average molecular weight is 244 g/mol. The zero-order valence-corrected chi connectivity index (χ0v) is 10.1. The first-order valence-corrected chi connectivity index (χ1v) is 6.45. The van der Waals surface area contributed by atoms with Crippen molar-refractivity contribution in [2.75, 3.05) is 0 Å². The SMILES string of the molecule is O=C[C@@H]1[C@@H](c2ccccc2)C2CCCC1(O)C2=O. The second-order valence-corrected chi connectivity index (χ2v) is 5.39. The quantitative estimate of drug-likeness (QED) is 0.806. The van der Waals surface area contributed by atoms with Crippen LogP contribution in [0.3, 0.4) is 0 Å². The van der Waals surface area contributed by atoms with Crippen LogP contribution < -0.4 is 0 Å². The number of carbonyl (C=O) groups excluding carboxylic acids is 2. The predicted octanol–water partition coefficient (Wildman–Crippen LogP) is 1.70. The third kappa shape index (κ3) is 1.40. The first kappa shape index (κ1) is 11.6. The molecule has 0 spiro atoms. The number of Topliss-reactive ketones (excluding diaryl/α,β-unsaturated/α-hetero) is 1. The third-order valence-electron chi connectivity index (χ3n) is 4.54. The van der Waals surface area contributed by atoms with Gasteiger partial charge in [0.15, 0.2) is 5.78 Å².